The van der Waals surface area contributed by atoms with Crippen LogP contribution in [0.4, 0.5) is 0 Å². The maximum atomic E-state index is 12.4. The third kappa shape index (κ3) is 5.96. The summed E-state index contributed by atoms with van der Waals surface area (Å²) in [4.78, 5) is 12.4. The second-order valence-corrected chi connectivity index (χ2v) is 9.34. The molecule has 0 radical (unpaired) electrons. The number of benzene rings is 3. The third-order valence-corrected chi connectivity index (χ3v) is 6.01. The van der Waals surface area contributed by atoms with Crippen LogP contribution in [0.2, 0.25) is 5.02 Å². The first-order valence-corrected chi connectivity index (χ1v) is 12.3. The average Bonchev–Trinajstić information content (AvgIpc) is 2.90. The fraction of sp³-hybridized carbons (Fsp3) is 0.241. The zero-order valence-electron chi connectivity index (χ0n) is 21.2. The van der Waals surface area contributed by atoms with Gasteiger partial charge in [0.25, 0.3) is 0 Å². The molecular weight excluding hydrogens is 508 g/mol. The first-order chi connectivity index (χ1) is 18.3. The molecule has 196 valence electrons. The molecule has 0 aliphatic carbocycles. The molecule has 1 heterocycles. The lowest BCUT2D eigenvalue weighted by Crippen LogP contribution is -2.22. The van der Waals surface area contributed by atoms with Gasteiger partial charge >= 0.3 is 5.97 Å². The Kier molecular flexibility index (Phi) is 8.29. The summed E-state index contributed by atoms with van der Waals surface area (Å²) in [6, 6.07) is 19.4. The van der Waals surface area contributed by atoms with E-state index in [1.165, 1.54) is 0 Å². The molecule has 1 unspecified atom stereocenters. The maximum Gasteiger partial charge on any atom is 0.349 e. The van der Waals surface area contributed by atoms with Crippen molar-refractivity contribution in [1.29, 1.82) is 5.26 Å². The van der Waals surface area contributed by atoms with Crippen LogP contribution in [0.5, 0.6) is 28.7 Å². The summed E-state index contributed by atoms with van der Waals surface area (Å²) < 4.78 is 28.0. The number of nitriles is 1. The first kappa shape index (κ1) is 26.7. The molecule has 2 N–H and O–H groups in total. The molecule has 0 spiro atoms. The normalized spacial score (nSPS) is 14.3. The quantitative estimate of drug-likeness (QED) is 0.279. The Labute approximate surface area is 226 Å². The summed E-state index contributed by atoms with van der Waals surface area (Å²) in [5.41, 5.74) is 7.83. The van der Waals surface area contributed by atoms with Crippen molar-refractivity contribution in [3.8, 4) is 34.8 Å². The van der Waals surface area contributed by atoms with Gasteiger partial charge in [0.15, 0.2) is 18.1 Å². The van der Waals surface area contributed by atoms with E-state index in [-0.39, 0.29) is 23.8 Å². The van der Waals surface area contributed by atoms with Crippen molar-refractivity contribution in [3.05, 3.63) is 88.3 Å². The van der Waals surface area contributed by atoms with E-state index in [2.05, 4.69) is 19.9 Å². The molecule has 1 atom stereocenters. The van der Waals surface area contributed by atoms with Crippen LogP contribution in [0, 0.1) is 17.2 Å². The van der Waals surface area contributed by atoms with Gasteiger partial charge in [0.1, 0.15) is 28.9 Å². The van der Waals surface area contributed by atoms with Crippen molar-refractivity contribution in [2.45, 2.75) is 19.8 Å². The van der Waals surface area contributed by atoms with Gasteiger partial charge in [0, 0.05) is 11.6 Å². The number of fused-ring (bicyclic) bond motifs is 1. The highest BCUT2D eigenvalue weighted by atomic mass is 35.5. The minimum atomic E-state index is -0.625. The van der Waals surface area contributed by atoms with Gasteiger partial charge in [-0.25, -0.2) is 4.79 Å². The molecule has 1 aliphatic rings. The van der Waals surface area contributed by atoms with Crippen molar-refractivity contribution in [1.82, 2.24) is 0 Å². The number of para-hydroxylation sites is 1. The minimum absolute atomic E-state index is 0.0327. The Morgan fingerprint density at radius 1 is 1.08 bits per heavy atom. The van der Waals surface area contributed by atoms with Crippen LogP contribution in [0.25, 0.3) is 0 Å². The lowest BCUT2D eigenvalue weighted by Gasteiger charge is -2.27. The fourth-order valence-corrected chi connectivity index (χ4v) is 4.13. The molecule has 1 aliphatic heterocycles. The highest BCUT2D eigenvalue weighted by molar-refractivity contribution is 6.32. The van der Waals surface area contributed by atoms with Gasteiger partial charge in [-0.3, -0.25) is 0 Å². The van der Waals surface area contributed by atoms with E-state index in [0.29, 0.717) is 46.1 Å². The van der Waals surface area contributed by atoms with E-state index in [9.17, 15) is 10.1 Å². The zero-order valence-corrected chi connectivity index (χ0v) is 22.0. The van der Waals surface area contributed by atoms with Crippen LogP contribution in [0.3, 0.4) is 0 Å². The van der Waals surface area contributed by atoms with Crippen molar-refractivity contribution in [2.24, 2.45) is 11.7 Å². The van der Waals surface area contributed by atoms with Crippen LogP contribution in [0.1, 0.15) is 30.9 Å². The van der Waals surface area contributed by atoms with E-state index in [4.69, 9.17) is 41.0 Å². The van der Waals surface area contributed by atoms with Gasteiger partial charge in [-0.15, -0.1) is 0 Å². The van der Waals surface area contributed by atoms with E-state index in [1.54, 1.807) is 49.6 Å². The van der Waals surface area contributed by atoms with Gasteiger partial charge in [0.05, 0.1) is 24.7 Å². The van der Waals surface area contributed by atoms with Gasteiger partial charge in [0.2, 0.25) is 5.88 Å². The molecule has 0 saturated heterocycles. The second kappa shape index (κ2) is 11.8. The maximum absolute atomic E-state index is 12.4. The highest BCUT2D eigenvalue weighted by Gasteiger charge is 2.32. The number of nitrogens with zero attached hydrogens (tertiary/aromatic N) is 1. The number of hydrogen-bond donors (Lipinski definition) is 1. The van der Waals surface area contributed by atoms with Crippen LogP contribution in [0.15, 0.2) is 72.1 Å². The standard InChI is InChI=1S/C29H27ClN2O6/c1-17(2)15-35-24-11-8-18(12-26(24)34-3)28-20-10-9-19(13-25(20)38-29(32)21(28)14-31)37-27(33)16-36-23-7-5-4-6-22(23)30/h4-13,17,28H,15-16,32H2,1-3H3. The van der Waals surface area contributed by atoms with E-state index < -0.39 is 11.9 Å². The molecule has 3 aromatic carbocycles. The van der Waals surface area contributed by atoms with Gasteiger partial charge in [-0.1, -0.05) is 49.7 Å². The summed E-state index contributed by atoms with van der Waals surface area (Å²) >= 11 is 6.06. The Morgan fingerprint density at radius 2 is 1.87 bits per heavy atom. The molecule has 3 aromatic rings. The molecular formula is C29H27ClN2O6. The lowest BCUT2D eigenvalue weighted by molar-refractivity contribution is -0.136. The van der Waals surface area contributed by atoms with E-state index in [0.717, 1.165) is 5.56 Å². The van der Waals surface area contributed by atoms with Crippen molar-refractivity contribution in [2.75, 3.05) is 20.3 Å². The van der Waals surface area contributed by atoms with Crippen molar-refractivity contribution < 1.29 is 28.5 Å². The largest absolute Gasteiger partial charge is 0.493 e. The van der Waals surface area contributed by atoms with Crippen LogP contribution in [-0.4, -0.2) is 26.3 Å². The van der Waals surface area contributed by atoms with Gasteiger partial charge < -0.3 is 29.4 Å². The highest BCUT2D eigenvalue weighted by Crippen LogP contribution is 2.45. The predicted octanol–water partition coefficient (Wildman–Crippen LogP) is 5.59. The number of hydrogen-bond acceptors (Lipinski definition) is 8. The monoisotopic (exact) mass is 534 g/mol. The first-order valence-electron chi connectivity index (χ1n) is 11.9. The molecule has 0 fully saturated rings. The smallest absolute Gasteiger partial charge is 0.349 e. The molecule has 8 nitrogen and oxygen atoms in total. The number of carbonyl (C=O) groups excluding carboxylic acids is 1. The second-order valence-electron chi connectivity index (χ2n) is 8.93. The Bertz CT molecular complexity index is 1410. The Morgan fingerprint density at radius 3 is 2.58 bits per heavy atom. The number of methoxy groups -OCH3 is 1. The topological polar surface area (TPSA) is 113 Å². The van der Waals surface area contributed by atoms with Crippen molar-refractivity contribution in [3.63, 3.8) is 0 Å². The predicted molar refractivity (Wildman–Crippen MR) is 142 cm³/mol. The van der Waals surface area contributed by atoms with Crippen LogP contribution < -0.4 is 29.4 Å². The lowest BCUT2D eigenvalue weighted by atomic mass is 9.83. The summed E-state index contributed by atoms with van der Waals surface area (Å²) in [6.45, 7) is 4.32. The SMILES string of the molecule is COc1cc(C2C(C#N)=C(N)Oc3cc(OC(=O)COc4ccccc4Cl)ccc32)ccc1OCC(C)C. The summed E-state index contributed by atoms with van der Waals surface area (Å²) in [5, 5.41) is 10.3. The number of carbonyl (C=O) groups is 1. The molecule has 38 heavy (non-hydrogen) atoms. The molecule has 0 bridgehead atoms. The van der Waals surface area contributed by atoms with E-state index in [1.807, 2.05) is 18.2 Å². The molecule has 9 heteroatoms. The molecule has 0 amide bonds. The third-order valence-electron chi connectivity index (χ3n) is 5.70. The van der Waals surface area contributed by atoms with Crippen molar-refractivity contribution >= 4 is 17.6 Å². The summed E-state index contributed by atoms with van der Waals surface area (Å²) in [7, 11) is 1.56. The molecule has 0 aromatic heterocycles. The van der Waals surface area contributed by atoms with Crippen LogP contribution >= 0.6 is 11.6 Å². The fourth-order valence-electron chi connectivity index (χ4n) is 3.94. The Balaban J connectivity index is 1.58. The number of nitrogens with two attached hydrogens (primary N) is 1. The van der Waals surface area contributed by atoms with Gasteiger partial charge in [-0.2, -0.15) is 5.26 Å². The number of rotatable bonds is 9. The Hall–Kier alpha value is -4.35. The van der Waals surface area contributed by atoms with Gasteiger partial charge in [-0.05, 0) is 41.8 Å². The van der Waals surface area contributed by atoms with Crippen LogP contribution in [-0.2, 0) is 4.79 Å². The average molecular weight is 535 g/mol. The number of ether oxygens (including phenoxy) is 5. The minimum Gasteiger partial charge on any atom is -0.493 e. The number of esters is 1. The number of allylic oxidation sites excluding steroid dienone is 1. The van der Waals surface area contributed by atoms with E-state index >= 15 is 0 Å². The summed E-state index contributed by atoms with van der Waals surface area (Å²) in [5.74, 6) is 1.29. The molecule has 4 rings (SSSR count). The number of halogens is 1. The molecule has 0 saturated carbocycles. The zero-order chi connectivity index (χ0) is 27.2. The summed E-state index contributed by atoms with van der Waals surface area (Å²) in [6.07, 6.45) is 0.